The van der Waals surface area contributed by atoms with E-state index in [4.69, 9.17) is 0 Å². The van der Waals surface area contributed by atoms with Gasteiger partial charge >= 0.3 is 0 Å². The lowest BCUT2D eigenvalue weighted by Gasteiger charge is -2.27. The molecule has 0 fully saturated rings. The minimum Gasteiger partial charge on any atom is -0.314 e. The molecule has 2 heteroatoms. The molecule has 0 bridgehead atoms. The number of anilines is 1. The van der Waals surface area contributed by atoms with Crippen LogP contribution in [-0.4, -0.2) is 13.0 Å². The van der Waals surface area contributed by atoms with E-state index in [1.165, 1.54) is 11.1 Å². The minimum absolute atomic E-state index is 0.250. The zero-order valence-corrected chi connectivity index (χ0v) is 12.8. The molecule has 0 saturated carbocycles. The number of benzene rings is 1. The quantitative estimate of drug-likeness (QED) is 0.798. The molecule has 1 aromatic rings. The van der Waals surface area contributed by atoms with E-state index in [0.717, 1.165) is 24.9 Å². The van der Waals surface area contributed by atoms with Gasteiger partial charge < -0.3 is 4.90 Å². The first kappa shape index (κ1) is 14.1. The number of hydrogen-bond donors (Lipinski definition) is 0. The van der Waals surface area contributed by atoms with Gasteiger partial charge in [-0.05, 0) is 37.8 Å². The van der Waals surface area contributed by atoms with Gasteiger partial charge in [0, 0.05) is 12.7 Å². The maximum atomic E-state index is 12.7. The molecule has 0 unspecified atom stereocenters. The van der Waals surface area contributed by atoms with Crippen molar-refractivity contribution in [1.29, 1.82) is 0 Å². The summed E-state index contributed by atoms with van der Waals surface area (Å²) in [6.07, 6.45) is 3.24. The van der Waals surface area contributed by atoms with Gasteiger partial charge in [-0.25, -0.2) is 0 Å². The zero-order chi connectivity index (χ0) is 14.2. The molecule has 104 valence electrons. The average molecular weight is 259 g/mol. The Bertz CT molecular complexity index is 490. The van der Waals surface area contributed by atoms with Gasteiger partial charge in [-0.3, -0.25) is 4.79 Å². The third-order valence-corrected chi connectivity index (χ3v) is 4.74. The van der Waals surface area contributed by atoms with E-state index in [1.54, 1.807) is 0 Å². The summed E-state index contributed by atoms with van der Waals surface area (Å²) in [5.74, 6) is 0.869. The summed E-state index contributed by atoms with van der Waals surface area (Å²) in [5, 5.41) is 0. The second-order valence-electron chi connectivity index (χ2n) is 6.10. The van der Waals surface area contributed by atoms with Gasteiger partial charge in [0.15, 0.2) is 0 Å². The number of nitrogens with zero attached hydrogens (tertiary/aromatic N) is 1. The average Bonchev–Trinajstić information content (AvgIpc) is 2.59. The van der Waals surface area contributed by atoms with E-state index >= 15 is 0 Å². The molecule has 0 radical (unpaired) electrons. The molecule has 0 aliphatic carbocycles. The number of amides is 1. The van der Waals surface area contributed by atoms with Crippen molar-refractivity contribution >= 4 is 11.6 Å². The second kappa shape index (κ2) is 4.99. The van der Waals surface area contributed by atoms with Crippen LogP contribution >= 0.6 is 0 Å². The Labute approximate surface area is 116 Å². The second-order valence-corrected chi connectivity index (χ2v) is 6.10. The van der Waals surface area contributed by atoms with Gasteiger partial charge in [0.1, 0.15) is 0 Å². The third kappa shape index (κ3) is 2.18. The van der Waals surface area contributed by atoms with Crippen molar-refractivity contribution in [3.8, 4) is 0 Å². The largest absolute Gasteiger partial charge is 0.314 e. The predicted octanol–water partition coefficient (Wildman–Crippen LogP) is 4.06. The maximum Gasteiger partial charge on any atom is 0.237 e. The number of carbonyl (C=O) groups is 1. The number of carbonyl (C=O) groups excluding carboxylic acids is 1. The Kier molecular flexibility index (Phi) is 3.71. The van der Waals surface area contributed by atoms with Crippen LogP contribution in [-0.2, 0) is 10.2 Å². The first-order valence-electron chi connectivity index (χ1n) is 7.33. The number of fused-ring (bicyclic) bond motifs is 1. The normalized spacial score (nSPS) is 22.2. The fourth-order valence-corrected chi connectivity index (χ4v) is 3.33. The Morgan fingerprint density at radius 3 is 2.47 bits per heavy atom. The minimum atomic E-state index is -0.340. The number of aryl methyl sites for hydroxylation is 1. The summed E-state index contributed by atoms with van der Waals surface area (Å²) in [6, 6.07) is 6.37. The fourth-order valence-electron chi connectivity index (χ4n) is 3.33. The van der Waals surface area contributed by atoms with Crippen LogP contribution in [0.25, 0.3) is 0 Å². The maximum absolute atomic E-state index is 12.7. The summed E-state index contributed by atoms with van der Waals surface area (Å²) >= 11 is 0. The SMILES string of the molecule is CCC(CC)C[C@@]1(C)C(=O)N(C)c2ccc(C)cc21. The van der Waals surface area contributed by atoms with Crippen molar-refractivity contribution < 1.29 is 4.79 Å². The summed E-state index contributed by atoms with van der Waals surface area (Å²) in [5.41, 5.74) is 3.20. The van der Waals surface area contributed by atoms with Crippen molar-refractivity contribution in [3.63, 3.8) is 0 Å². The molecule has 2 rings (SSSR count). The summed E-state index contributed by atoms with van der Waals surface area (Å²) in [6.45, 7) is 8.66. The highest BCUT2D eigenvalue weighted by Crippen LogP contribution is 2.45. The monoisotopic (exact) mass is 259 g/mol. The van der Waals surface area contributed by atoms with Crippen LogP contribution in [0.5, 0.6) is 0 Å². The Morgan fingerprint density at radius 2 is 1.89 bits per heavy atom. The van der Waals surface area contributed by atoms with E-state index in [9.17, 15) is 4.79 Å². The Morgan fingerprint density at radius 1 is 1.26 bits per heavy atom. The first-order valence-corrected chi connectivity index (χ1v) is 7.33. The molecule has 1 aliphatic rings. The van der Waals surface area contributed by atoms with Gasteiger partial charge in [-0.15, -0.1) is 0 Å². The molecule has 1 aliphatic heterocycles. The molecule has 0 aromatic heterocycles. The predicted molar refractivity (Wildman–Crippen MR) is 80.6 cm³/mol. The Hall–Kier alpha value is -1.31. The lowest BCUT2D eigenvalue weighted by Crippen LogP contribution is -2.37. The number of rotatable bonds is 4. The van der Waals surface area contributed by atoms with Crippen molar-refractivity contribution in [2.45, 2.75) is 52.4 Å². The molecular weight excluding hydrogens is 234 g/mol. The summed E-state index contributed by atoms with van der Waals surface area (Å²) in [4.78, 5) is 14.5. The smallest absolute Gasteiger partial charge is 0.237 e. The van der Waals surface area contributed by atoms with Crippen molar-refractivity contribution in [1.82, 2.24) is 0 Å². The van der Waals surface area contributed by atoms with Crippen LogP contribution in [0.4, 0.5) is 5.69 Å². The van der Waals surface area contributed by atoms with E-state index < -0.39 is 0 Å². The standard InChI is InChI=1S/C17H25NO/c1-6-13(7-2)11-17(4)14-10-12(3)8-9-15(14)18(5)16(17)19/h8-10,13H,6-7,11H2,1-5H3/t17-/m1/s1. The molecule has 1 atom stereocenters. The highest BCUT2D eigenvalue weighted by molar-refractivity contribution is 6.07. The molecule has 1 aromatic carbocycles. The van der Waals surface area contributed by atoms with E-state index in [-0.39, 0.29) is 11.3 Å². The van der Waals surface area contributed by atoms with Crippen LogP contribution < -0.4 is 4.90 Å². The van der Waals surface area contributed by atoms with Gasteiger partial charge in [0.25, 0.3) is 0 Å². The fraction of sp³-hybridized carbons (Fsp3) is 0.588. The zero-order valence-electron chi connectivity index (χ0n) is 12.8. The van der Waals surface area contributed by atoms with E-state index in [0.29, 0.717) is 5.92 Å². The highest BCUT2D eigenvalue weighted by Gasteiger charge is 2.46. The van der Waals surface area contributed by atoms with Crippen molar-refractivity contribution in [2.24, 2.45) is 5.92 Å². The molecule has 1 heterocycles. The summed E-state index contributed by atoms with van der Waals surface area (Å²) in [7, 11) is 1.90. The van der Waals surface area contributed by atoms with Crippen LogP contribution in [0.2, 0.25) is 0 Å². The summed E-state index contributed by atoms with van der Waals surface area (Å²) < 4.78 is 0. The number of hydrogen-bond acceptors (Lipinski definition) is 1. The lowest BCUT2D eigenvalue weighted by atomic mass is 9.74. The van der Waals surface area contributed by atoms with Crippen LogP contribution in [0.1, 0.15) is 51.2 Å². The van der Waals surface area contributed by atoms with Gasteiger partial charge in [-0.2, -0.15) is 0 Å². The first-order chi connectivity index (χ1) is 8.93. The molecule has 0 spiro atoms. The third-order valence-electron chi connectivity index (χ3n) is 4.74. The molecule has 19 heavy (non-hydrogen) atoms. The van der Waals surface area contributed by atoms with Crippen molar-refractivity contribution in [2.75, 3.05) is 11.9 Å². The molecule has 0 N–H and O–H groups in total. The van der Waals surface area contributed by atoms with Crippen LogP contribution in [0.3, 0.4) is 0 Å². The highest BCUT2D eigenvalue weighted by atomic mass is 16.2. The molecule has 1 amide bonds. The van der Waals surface area contributed by atoms with E-state index in [1.807, 2.05) is 11.9 Å². The lowest BCUT2D eigenvalue weighted by molar-refractivity contribution is -0.123. The molecule has 2 nitrogen and oxygen atoms in total. The van der Waals surface area contributed by atoms with Gasteiger partial charge in [0.05, 0.1) is 5.41 Å². The Balaban J connectivity index is 2.46. The topological polar surface area (TPSA) is 20.3 Å². The van der Waals surface area contributed by atoms with Gasteiger partial charge in [0.2, 0.25) is 5.91 Å². The molecular formula is C17H25NO. The van der Waals surface area contributed by atoms with E-state index in [2.05, 4.69) is 45.9 Å². The van der Waals surface area contributed by atoms with Crippen LogP contribution in [0.15, 0.2) is 18.2 Å². The molecule has 0 saturated heterocycles. The van der Waals surface area contributed by atoms with Crippen molar-refractivity contribution in [3.05, 3.63) is 29.3 Å². The number of likely N-dealkylation sites (N-methyl/N-ethyl adjacent to an activating group) is 1. The van der Waals surface area contributed by atoms with Gasteiger partial charge in [-0.1, -0.05) is 44.4 Å². The van der Waals surface area contributed by atoms with Crippen LogP contribution in [0, 0.1) is 12.8 Å².